The topological polar surface area (TPSA) is 69.5 Å². The molecule has 0 aliphatic carbocycles. The summed E-state index contributed by atoms with van der Waals surface area (Å²) in [5, 5.41) is 1.75. The van der Waals surface area contributed by atoms with Crippen molar-refractivity contribution in [1.29, 1.82) is 0 Å². The number of hydrogen-bond donors (Lipinski definition) is 0. The van der Waals surface area contributed by atoms with Crippen LogP contribution >= 0.6 is 0 Å². The van der Waals surface area contributed by atoms with Gasteiger partial charge < -0.3 is 18.3 Å². The minimum absolute atomic E-state index is 0.440. The Labute approximate surface area is 159 Å². The molecule has 0 spiro atoms. The van der Waals surface area contributed by atoms with Gasteiger partial charge in [0.1, 0.15) is 23.0 Å². The van der Waals surface area contributed by atoms with Crippen molar-refractivity contribution in [2.45, 2.75) is 13.8 Å². The third-order valence-electron chi connectivity index (χ3n) is 4.80. The number of aryl methyl sites for hydroxylation is 2. The van der Waals surface area contributed by atoms with Crippen molar-refractivity contribution in [3.8, 4) is 11.5 Å². The Hall–Kier alpha value is -3.80. The van der Waals surface area contributed by atoms with Gasteiger partial charge in [0, 0.05) is 0 Å². The largest absolute Gasteiger partial charge is 0.456 e. The molecule has 0 N–H and O–H groups in total. The van der Waals surface area contributed by atoms with Crippen LogP contribution in [0.3, 0.4) is 0 Å². The maximum absolute atomic E-state index is 6.03. The monoisotopic (exact) mass is 370 g/mol. The van der Waals surface area contributed by atoms with Gasteiger partial charge in [-0.1, -0.05) is 0 Å². The van der Waals surface area contributed by atoms with Crippen molar-refractivity contribution in [2.75, 3.05) is 0 Å². The normalized spacial score (nSPS) is 14.4. The van der Waals surface area contributed by atoms with Crippen molar-refractivity contribution in [1.82, 2.24) is 0 Å². The van der Waals surface area contributed by atoms with Gasteiger partial charge in [0.15, 0.2) is 11.5 Å². The van der Waals surface area contributed by atoms with Gasteiger partial charge in [-0.25, -0.2) is 9.98 Å². The highest BCUT2D eigenvalue weighted by Gasteiger charge is 2.27. The van der Waals surface area contributed by atoms with E-state index in [9.17, 15) is 0 Å². The minimum Gasteiger partial charge on any atom is -0.456 e. The maximum atomic E-state index is 6.03. The molecule has 28 heavy (non-hydrogen) atoms. The molecule has 0 unspecified atom stereocenters. The number of aliphatic imine (C=N–C) groups is 2. The first-order chi connectivity index (χ1) is 13.7. The van der Waals surface area contributed by atoms with Gasteiger partial charge in [-0.15, -0.1) is 0 Å². The van der Waals surface area contributed by atoms with E-state index in [-0.39, 0.29) is 0 Å². The number of furan rings is 2. The molecular weight excluding hydrogens is 356 g/mol. The van der Waals surface area contributed by atoms with Crippen LogP contribution < -0.4 is 9.47 Å². The summed E-state index contributed by atoms with van der Waals surface area (Å²) in [5.41, 5.74) is 1.59. The van der Waals surface area contributed by atoms with E-state index in [1.54, 1.807) is 0 Å². The second-order valence-corrected chi connectivity index (χ2v) is 6.77. The summed E-state index contributed by atoms with van der Waals surface area (Å²) in [6.45, 7) is 3.78. The van der Waals surface area contributed by atoms with Crippen LogP contribution in [-0.4, -0.2) is 11.8 Å². The minimum atomic E-state index is 0.440. The number of ether oxygens (including phenoxy) is 2. The molecule has 0 bridgehead atoms. The predicted molar refractivity (Wildman–Crippen MR) is 104 cm³/mol. The third kappa shape index (κ3) is 2.15. The Kier molecular flexibility index (Phi) is 2.92. The number of rotatable bonds is 2. The maximum Gasteiger partial charge on any atom is 0.263 e. The highest BCUT2D eigenvalue weighted by atomic mass is 16.5. The van der Waals surface area contributed by atoms with Crippen LogP contribution in [0.2, 0.25) is 0 Å². The Morgan fingerprint density at radius 1 is 0.571 bits per heavy atom. The highest BCUT2D eigenvalue weighted by Crippen LogP contribution is 2.48. The van der Waals surface area contributed by atoms with Gasteiger partial charge in [-0.2, -0.15) is 0 Å². The molecular formula is C22H14N2O4. The number of benzene rings is 2. The van der Waals surface area contributed by atoms with Gasteiger partial charge in [0.25, 0.3) is 11.8 Å². The average molecular weight is 370 g/mol. The number of hydrogen-bond acceptors (Lipinski definition) is 6. The van der Waals surface area contributed by atoms with Crippen molar-refractivity contribution in [2.24, 2.45) is 9.98 Å². The van der Waals surface area contributed by atoms with E-state index >= 15 is 0 Å². The molecule has 136 valence electrons. The smallest absolute Gasteiger partial charge is 0.263 e. The standard InChI is InChI=1S/C22H14N2O4/c1-11-3-7-17(25-11)21-23-13-5-10-16-20-14(6-9-15(27-21)19(13)20)24-22(28-16)18-8-4-12(2)26-18/h3-10H,1-2H3. The third-order valence-corrected chi connectivity index (χ3v) is 4.80. The fraction of sp³-hybridized carbons (Fsp3) is 0.0909. The molecule has 0 atom stereocenters. The molecule has 0 saturated carbocycles. The molecule has 0 saturated heterocycles. The zero-order valence-electron chi connectivity index (χ0n) is 15.1. The van der Waals surface area contributed by atoms with Crippen LogP contribution in [0.15, 0.2) is 67.4 Å². The second-order valence-electron chi connectivity index (χ2n) is 6.77. The Bertz CT molecular complexity index is 1240. The first kappa shape index (κ1) is 15.3. The molecule has 4 aromatic rings. The zero-order valence-corrected chi connectivity index (χ0v) is 15.1. The lowest BCUT2D eigenvalue weighted by atomic mass is 10.0. The second kappa shape index (κ2) is 5.36. The quantitative estimate of drug-likeness (QED) is 0.462. The Morgan fingerprint density at radius 3 is 1.43 bits per heavy atom. The summed E-state index contributed by atoms with van der Waals surface area (Å²) < 4.78 is 23.4. The predicted octanol–water partition coefficient (Wildman–Crippen LogP) is 5.58. The molecule has 2 aromatic heterocycles. The molecule has 2 aromatic carbocycles. The van der Waals surface area contributed by atoms with Crippen molar-refractivity contribution in [3.05, 3.63) is 71.6 Å². The Morgan fingerprint density at radius 2 is 1.04 bits per heavy atom. The van der Waals surface area contributed by atoms with Crippen LogP contribution in [0.25, 0.3) is 10.8 Å². The van der Waals surface area contributed by atoms with Gasteiger partial charge in [0.05, 0.1) is 22.1 Å². The van der Waals surface area contributed by atoms with Gasteiger partial charge >= 0.3 is 0 Å². The molecule has 4 heterocycles. The van der Waals surface area contributed by atoms with Crippen LogP contribution in [0.1, 0.15) is 23.0 Å². The fourth-order valence-corrected chi connectivity index (χ4v) is 3.54. The van der Waals surface area contributed by atoms with Gasteiger partial charge in [0.2, 0.25) is 0 Å². The van der Waals surface area contributed by atoms with Crippen molar-refractivity contribution < 1.29 is 18.3 Å². The molecule has 6 heteroatoms. The summed E-state index contributed by atoms with van der Waals surface area (Å²) in [5.74, 6) is 5.09. The summed E-state index contributed by atoms with van der Waals surface area (Å²) in [4.78, 5) is 9.29. The molecule has 0 fully saturated rings. The van der Waals surface area contributed by atoms with E-state index < -0.39 is 0 Å². The summed E-state index contributed by atoms with van der Waals surface area (Å²) >= 11 is 0. The Balaban J connectivity index is 1.53. The van der Waals surface area contributed by atoms with Crippen molar-refractivity contribution >= 4 is 33.9 Å². The molecule has 0 amide bonds. The molecule has 2 aliphatic heterocycles. The van der Waals surface area contributed by atoms with Crippen LogP contribution in [0.5, 0.6) is 11.5 Å². The van der Waals surface area contributed by atoms with E-state index in [1.807, 2.05) is 62.4 Å². The zero-order chi connectivity index (χ0) is 18.8. The lowest BCUT2D eigenvalue weighted by Gasteiger charge is -2.22. The first-order valence-electron chi connectivity index (χ1n) is 8.92. The molecule has 6 nitrogen and oxygen atoms in total. The van der Waals surface area contributed by atoms with E-state index in [2.05, 4.69) is 9.98 Å². The van der Waals surface area contributed by atoms with Crippen LogP contribution in [0.4, 0.5) is 11.4 Å². The van der Waals surface area contributed by atoms with Crippen LogP contribution in [0, 0.1) is 13.8 Å². The SMILES string of the molecule is Cc1ccc(C2=Nc3ccc4c5c(ccc(c35)O2)N=C(c2ccc(C)o2)O4)o1. The molecule has 2 aliphatic rings. The average Bonchev–Trinajstić information content (AvgIpc) is 3.34. The summed E-state index contributed by atoms with van der Waals surface area (Å²) in [6.07, 6.45) is 0. The van der Waals surface area contributed by atoms with Crippen molar-refractivity contribution in [3.63, 3.8) is 0 Å². The van der Waals surface area contributed by atoms with Crippen LogP contribution in [-0.2, 0) is 0 Å². The fourth-order valence-electron chi connectivity index (χ4n) is 3.54. The van der Waals surface area contributed by atoms with E-state index in [1.165, 1.54) is 0 Å². The summed E-state index contributed by atoms with van der Waals surface area (Å²) in [7, 11) is 0. The van der Waals surface area contributed by atoms with E-state index in [0.29, 0.717) is 34.8 Å². The van der Waals surface area contributed by atoms with E-state index in [0.717, 1.165) is 33.7 Å². The molecule has 6 rings (SSSR count). The first-order valence-corrected chi connectivity index (χ1v) is 8.92. The summed E-state index contributed by atoms with van der Waals surface area (Å²) in [6, 6.07) is 15.1. The van der Waals surface area contributed by atoms with Gasteiger partial charge in [-0.3, -0.25) is 0 Å². The lowest BCUT2D eigenvalue weighted by Crippen LogP contribution is -2.15. The van der Waals surface area contributed by atoms with E-state index in [4.69, 9.17) is 18.3 Å². The van der Waals surface area contributed by atoms with Gasteiger partial charge in [-0.05, 0) is 62.4 Å². The molecule has 0 radical (unpaired) electrons. The lowest BCUT2D eigenvalue weighted by molar-refractivity contribution is 0.478. The highest BCUT2D eigenvalue weighted by molar-refractivity contribution is 6.15. The number of nitrogens with zero attached hydrogens (tertiary/aromatic N) is 2.